The van der Waals surface area contributed by atoms with Crippen LogP contribution in [0.1, 0.15) is 62.4 Å². The van der Waals surface area contributed by atoms with E-state index in [1.807, 2.05) is 23.6 Å². The van der Waals surface area contributed by atoms with E-state index in [1.165, 1.54) is 19.3 Å². The number of anilines is 1. The van der Waals surface area contributed by atoms with Gasteiger partial charge in [0.2, 0.25) is 5.91 Å². The number of benzene rings is 1. The maximum Gasteiger partial charge on any atom is 0.276 e. The number of amides is 2. The second-order valence-corrected chi connectivity index (χ2v) is 9.63. The Hall–Kier alpha value is -2.73. The number of hydrogen-bond acceptors (Lipinski definition) is 3. The van der Waals surface area contributed by atoms with Crippen molar-refractivity contribution in [3.8, 4) is 0 Å². The van der Waals surface area contributed by atoms with Gasteiger partial charge in [-0.1, -0.05) is 49.8 Å². The molecule has 6 nitrogen and oxygen atoms in total. The lowest BCUT2D eigenvalue weighted by Gasteiger charge is -2.44. The van der Waals surface area contributed by atoms with Crippen LogP contribution < -0.4 is 10.2 Å². The second-order valence-electron chi connectivity index (χ2n) is 9.20. The van der Waals surface area contributed by atoms with E-state index in [2.05, 4.69) is 5.32 Å². The molecule has 168 valence electrons. The highest BCUT2D eigenvalue weighted by Crippen LogP contribution is 2.37. The van der Waals surface area contributed by atoms with Crippen molar-refractivity contribution >= 4 is 40.2 Å². The van der Waals surface area contributed by atoms with Crippen LogP contribution in [0.5, 0.6) is 0 Å². The van der Waals surface area contributed by atoms with Crippen molar-refractivity contribution in [3.05, 3.63) is 53.4 Å². The lowest BCUT2D eigenvalue weighted by atomic mass is 9.91. The molecule has 1 aliphatic heterocycles. The first kappa shape index (κ1) is 21.1. The molecule has 0 bridgehead atoms. The van der Waals surface area contributed by atoms with E-state index in [9.17, 15) is 9.59 Å². The van der Waals surface area contributed by atoms with Crippen molar-refractivity contribution in [2.75, 3.05) is 4.90 Å². The predicted molar refractivity (Wildman–Crippen MR) is 125 cm³/mol. The number of furan rings is 1. The highest BCUT2D eigenvalue weighted by atomic mass is 35.5. The standard InChI is InChI=1S/C25H28ClN3O3/c1-25(24(31)27-18-9-5-3-2-4-6-10-18)16-28-20-12-13-32-22(20)15-21(28)23(30)29(25)19-11-7-8-17(26)14-19/h7-8,11-15,18H,2-6,9-10,16H2,1H3,(H,27,31)/t25-/m0/s1. The third-order valence-corrected chi connectivity index (χ3v) is 7.14. The van der Waals surface area contributed by atoms with Gasteiger partial charge in [-0.2, -0.15) is 0 Å². The van der Waals surface area contributed by atoms with Crippen LogP contribution in [-0.2, 0) is 11.3 Å². The maximum atomic E-state index is 13.8. The van der Waals surface area contributed by atoms with Crippen molar-refractivity contribution < 1.29 is 14.0 Å². The van der Waals surface area contributed by atoms with E-state index in [4.69, 9.17) is 16.0 Å². The summed E-state index contributed by atoms with van der Waals surface area (Å²) in [6.45, 7) is 2.18. The SMILES string of the molecule is C[C@@]1(C(=O)NC2CCCCCCC2)Cn2c(cc3occc32)C(=O)N1c1cccc(Cl)c1. The van der Waals surface area contributed by atoms with Crippen LogP contribution in [0.3, 0.4) is 0 Å². The summed E-state index contributed by atoms with van der Waals surface area (Å²) in [5.74, 6) is -0.368. The van der Waals surface area contributed by atoms with Gasteiger partial charge in [0, 0.05) is 28.9 Å². The summed E-state index contributed by atoms with van der Waals surface area (Å²) in [5.41, 5.74) is 1.48. The van der Waals surface area contributed by atoms with Gasteiger partial charge in [0.25, 0.3) is 5.91 Å². The molecular formula is C25H28ClN3O3. The van der Waals surface area contributed by atoms with Crippen LogP contribution >= 0.6 is 11.6 Å². The van der Waals surface area contributed by atoms with E-state index >= 15 is 0 Å². The molecule has 32 heavy (non-hydrogen) atoms. The first-order chi connectivity index (χ1) is 15.5. The summed E-state index contributed by atoms with van der Waals surface area (Å²) >= 11 is 6.26. The topological polar surface area (TPSA) is 67.5 Å². The van der Waals surface area contributed by atoms with Crippen molar-refractivity contribution in [1.29, 1.82) is 0 Å². The Morgan fingerprint density at radius 2 is 1.88 bits per heavy atom. The van der Waals surface area contributed by atoms with Gasteiger partial charge in [-0.25, -0.2) is 0 Å². The Balaban J connectivity index is 1.55. The molecule has 2 aromatic heterocycles. The van der Waals surface area contributed by atoms with Crippen molar-refractivity contribution in [1.82, 2.24) is 9.88 Å². The molecule has 1 saturated carbocycles. The van der Waals surface area contributed by atoms with Crippen molar-refractivity contribution in [2.24, 2.45) is 0 Å². The number of carbonyl (C=O) groups excluding carboxylic acids is 2. The summed E-state index contributed by atoms with van der Waals surface area (Å²) in [6, 6.07) is 10.9. The molecule has 3 heterocycles. The zero-order valence-electron chi connectivity index (χ0n) is 18.3. The highest BCUT2D eigenvalue weighted by Gasteiger charge is 2.49. The Labute approximate surface area is 192 Å². The number of aromatic nitrogens is 1. The van der Waals surface area contributed by atoms with Crippen molar-refractivity contribution in [2.45, 2.75) is 70.0 Å². The molecule has 7 heteroatoms. The fraction of sp³-hybridized carbons (Fsp3) is 0.440. The summed E-state index contributed by atoms with van der Waals surface area (Å²) in [4.78, 5) is 29.2. The largest absolute Gasteiger partial charge is 0.463 e. The number of fused-ring (bicyclic) bond motifs is 3. The van der Waals surface area contributed by atoms with Gasteiger partial charge >= 0.3 is 0 Å². The van der Waals surface area contributed by atoms with Crippen LogP contribution in [0.4, 0.5) is 5.69 Å². The number of halogens is 1. The number of hydrogen-bond donors (Lipinski definition) is 1. The lowest BCUT2D eigenvalue weighted by Crippen LogP contribution is -2.65. The van der Waals surface area contributed by atoms with Gasteiger partial charge in [-0.15, -0.1) is 0 Å². The number of carbonyl (C=O) groups is 2. The van der Waals surface area contributed by atoms with Crippen LogP contribution in [0.25, 0.3) is 11.1 Å². The first-order valence-electron chi connectivity index (χ1n) is 11.5. The average Bonchev–Trinajstić information content (AvgIpc) is 3.32. The normalized spacial score (nSPS) is 22.4. The number of nitrogens with zero attached hydrogens (tertiary/aromatic N) is 2. The van der Waals surface area contributed by atoms with E-state index in [0.29, 0.717) is 28.5 Å². The molecule has 0 radical (unpaired) electrons. The average molecular weight is 454 g/mol. The smallest absolute Gasteiger partial charge is 0.276 e. The maximum absolute atomic E-state index is 13.8. The second kappa shape index (κ2) is 8.32. The summed E-state index contributed by atoms with van der Waals surface area (Å²) in [6.07, 6.45) is 9.50. The van der Waals surface area contributed by atoms with Crippen LogP contribution in [0.2, 0.25) is 5.02 Å². The van der Waals surface area contributed by atoms with E-state index in [1.54, 1.807) is 35.4 Å². The third kappa shape index (κ3) is 3.60. The highest BCUT2D eigenvalue weighted by molar-refractivity contribution is 6.31. The van der Waals surface area contributed by atoms with Gasteiger partial charge < -0.3 is 14.3 Å². The van der Waals surface area contributed by atoms with E-state index < -0.39 is 5.54 Å². The fourth-order valence-electron chi connectivity index (χ4n) is 5.17. The monoisotopic (exact) mass is 453 g/mol. The van der Waals surface area contributed by atoms with Gasteiger partial charge in [0.1, 0.15) is 11.2 Å². The minimum atomic E-state index is -1.11. The molecule has 2 aliphatic rings. The molecule has 0 unspecified atom stereocenters. The summed E-state index contributed by atoms with van der Waals surface area (Å²) < 4.78 is 7.44. The quantitative estimate of drug-likeness (QED) is 0.566. The zero-order chi connectivity index (χ0) is 22.3. The molecule has 1 aliphatic carbocycles. The number of rotatable bonds is 3. The molecule has 1 atom stereocenters. The van der Waals surface area contributed by atoms with Gasteiger partial charge in [0.15, 0.2) is 5.58 Å². The van der Waals surface area contributed by atoms with Gasteiger partial charge in [-0.3, -0.25) is 14.5 Å². The van der Waals surface area contributed by atoms with Crippen LogP contribution in [-0.4, -0.2) is 28.0 Å². The van der Waals surface area contributed by atoms with Gasteiger partial charge in [0.05, 0.1) is 18.3 Å². The number of nitrogens with one attached hydrogen (secondary N) is 1. The minimum absolute atomic E-state index is 0.132. The third-order valence-electron chi connectivity index (χ3n) is 6.90. The molecule has 1 N–H and O–H groups in total. The molecule has 1 aromatic carbocycles. The fourth-order valence-corrected chi connectivity index (χ4v) is 5.36. The molecule has 1 fully saturated rings. The Morgan fingerprint density at radius 3 is 2.62 bits per heavy atom. The first-order valence-corrected chi connectivity index (χ1v) is 11.8. The molecule has 0 spiro atoms. The Bertz CT molecular complexity index is 1160. The summed E-state index contributed by atoms with van der Waals surface area (Å²) in [7, 11) is 0. The van der Waals surface area contributed by atoms with Crippen molar-refractivity contribution in [3.63, 3.8) is 0 Å². The van der Waals surface area contributed by atoms with E-state index in [-0.39, 0.29) is 17.9 Å². The van der Waals surface area contributed by atoms with E-state index in [0.717, 1.165) is 31.2 Å². The van der Waals surface area contributed by atoms with Crippen LogP contribution in [0, 0.1) is 0 Å². The van der Waals surface area contributed by atoms with Gasteiger partial charge in [-0.05, 0) is 38.0 Å². The molecule has 2 amide bonds. The Kier molecular flexibility index (Phi) is 5.49. The summed E-state index contributed by atoms with van der Waals surface area (Å²) in [5, 5.41) is 3.82. The molecule has 5 rings (SSSR count). The molecular weight excluding hydrogens is 426 g/mol. The Morgan fingerprint density at radius 1 is 1.12 bits per heavy atom. The lowest BCUT2D eigenvalue weighted by molar-refractivity contribution is -0.127. The zero-order valence-corrected chi connectivity index (χ0v) is 19.0. The molecule has 0 saturated heterocycles. The molecule has 3 aromatic rings. The minimum Gasteiger partial charge on any atom is -0.463 e. The predicted octanol–water partition coefficient (Wildman–Crippen LogP) is 5.54. The van der Waals surface area contributed by atoms with Crippen LogP contribution in [0.15, 0.2) is 47.1 Å².